The molecule has 4 aliphatic carbocycles. The first kappa shape index (κ1) is 16.6. The maximum absolute atomic E-state index is 12.3. The van der Waals surface area contributed by atoms with Gasteiger partial charge in [0.25, 0.3) is 0 Å². The maximum Gasteiger partial charge on any atom is 0.309 e. The molecule has 3 heteroatoms. The minimum atomic E-state index is -0.134. The molecule has 3 saturated carbocycles. The predicted octanol–water partition coefficient (Wildman–Crippen LogP) is 4.10. The Kier molecular flexibility index (Phi) is 3.87. The third-order valence-electron chi connectivity index (χ3n) is 8.56. The number of ether oxygens (including phenoxy) is 1. The van der Waals surface area contributed by atoms with Gasteiger partial charge in [-0.2, -0.15) is 0 Å². The number of rotatable bonds is 1. The van der Waals surface area contributed by atoms with Gasteiger partial charge in [-0.1, -0.05) is 25.5 Å². The van der Waals surface area contributed by atoms with Crippen LogP contribution in [0.25, 0.3) is 0 Å². The van der Waals surface area contributed by atoms with Gasteiger partial charge in [-0.3, -0.25) is 4.79 Å². The number of hydrogen-bond acceptors (Lipinski definition) is 3. The van der Waals surface area contributed by atoms with E-state index < -0.39 is 0 Å². The molecular formula is C21H32O3. The fourth-order valence-electron chi connectivity index (χ4n) is 7.17. The van der Waals surface area contributed by atoms with E-state index in [2.05, 4.69) is 19.9 Å². The van der Waals surface area contributed by atoms with Gasteiger partial charge in [0.05, 0.1) is 19.1 Å². The molecule has 0 aromatic carbocycles. The van der Waals surface area contributed by atoms with Crippen molar-refractivity contribution in [3.8, 4) is 0 Å². The summed E-state index contributed by atoms with van der Waals surface area (Å²) >= 11 is 0. The van der Waals surface area contributed by atoms with Crippen LogP contribution < -0.4 is 0 Å². The molecule has 3 nitrogen and oxygen atoms in total. The zero-order valence-electron chi connectivity index (χ0n) is 15.4. The van der Waals surface area contributed by atoms with Crippen molar-refractivity contribution in [2.45, 2.75) is 71.3 Å². The molecule has 0 saturated heterocycles. The van der Waals surface area contributed by atoms with Gasteiger partial charge < -0.3 is 9.84 Å². The van der Waals surface area contributed by atoms with Crippen LogP contribution in [-0.2, 0) is 9.53 Å². The molecule has 3 fully saturated rings. The molecule has 24 heavy (non-hydrogen) atoms. The Hall–Kier alpha value is -0.830. The molecular weight excluding hydrogens is 300 g/mol. The summed E-state index contributed by atoms with van der Waals surface area (Å²) in [7, 11) is 1.54. The number of allylic oxidation sites excluding steroid dienone is 1. The number of carbonyl (C=O) groups excluding carboxylic acids is 1. The summed E-state index contributed by atoms with van der Waals surface area (Å²) < 4.78 is 5.12. The average Bonchev–Trinajstić information content (AvgIpc) is 2.92. The molecule has 0 aromatic rings. The Morgan fingerprint density at radius 3 is 2.71 bits per heavy atom. The third kappa shape index (κ3) is 2.16. The lowest BCUT2D eigenvalue weighted by Crippen LogP contribution is -2.51. The van der Waals surface area contributed by atoms with Crippen LogP contribution in [0.4, 0.5) is 0 Å². The van der Waals surface area contributed by atoms with Crippen molar-refractivity contribution in [2.75, 3.05) is 7.11 Å². The topological polar surface area (TPSA) is 46.5 Å². The highest BCUT2D eigenvalue weighted by atomic mass is 16.5. The largest absolute Gasteiger partial charge is 0.469 e. The highest BCUT2D eigenvalue weighted by Crippen LogP contribution is 2.66. The molecule has 1 N–H and O–H groups in total. The number of carbonyl (C=O) groups is 1. The number of aliphatic hydroxyl groups is 1. The molecule has 4 rings (SSSR count). The van der Waals surface area contributed by atoms with Gasteiger partial charge >= 0.3 is 5.97 Å². The van der Waals surface area contributed by atoms with Crippen LogP contribution in [-0.4, -0.2) is 24.3 Å². The normalized spacial score (nSPS) is 50.3. The van der Waals surface area contributed by atoms with Crippen LogP contribution in [0.5, 0.6) is 0 Å². The van der Waals surface area contributed by atoms with Gasteiger partial charge in [0.2, 0.25) is 0 Å². The number of fused-ring (bicyclic) bond motifs is 5. The second kappa shape index (κ2) is 5.59. The Morgan fingerprint density at radius 1 is 1.17 bits per heavy atom. The summed E-state index contributed by atoms with van der Waals surface area (Å²) in [5, 5.41) is 10.1. The molecule has 134 valence electrons. The zero-order valence-corrected chi connectivity index (χ0v) is 15.4. The molecule has 0 unspecified atom stereocenters. The van der Waals surface area contributed by atoms with E-state index in [0.717, 1.165) is 44.4 Å². The summed E-state index contributed by atoms with van der Waals surface area (Å²) in [6.45, 7) is 4.81. The minimum Gasteiger partial charge on any atom is -0.469 e. The van der Waals surface area contributed by atoms with Crippen molar-refractivity contribution in [3.05, 3.63) is 11.6 Å². The van der Waals surface area contributed by atoms with Crippen LogP contribution in [0, 0.1) is 34.5 Å². The molecule has 7 atom stereocenters. The van der Waals surface area contributed by atoms with Gasteiger partial charge in [0.15, 0.2) is 0 Å². The third-order valence-corrected chi connectivity index (χ3v) is 8.56. The fourth-order valence-corrected chi connectivity index (χ4v) is 7.17. The lowest BCUT2D eigenvalue weighted by atomic mass is 9.47. The molecule has 0 radical (unpaired) electrons. The average molecular weight is 332 g/mol. The highest BCUT2D eigenvalue weighted by Gasteiger charge is 2.60. The standard InChI is InChI=1S/C21H32O3/c1-20-10-8-14(22)12-13(20)4-5-15-16-6-7-18(19(23)24-3)21(16,2)11-9-17(15)20/h4,14-18,22H,5-12H2,1-3H3/t14-,15-,16-,17-,18+,20-,21-/m0/s1. The molecule has 0 aliphatic heterocycles. The Morgan fingerprint density at radius 2 is 1.96 bits per heavy atom. The Balaban J connectivity index is 1.64. The SMILES string of the molecule is COC(=O)[C@H]1CC[C@H]2[C@@H]3CC=C4C[C@@H](O)CC[C@]4(C)[C@H]3CC[C@]12C. The zero-order chi connectivity index (χ0) is 17.1. The molecule has 0 amide bonds. The van der Waals surface area contributed by atoms with Crippen LogP contribution >= 0.6 is 0 Å². The fraction of sp³-hybridized carbons (Fsp3) is 0.857. The number of methoxy groups -OCH3 is 1. The van der Waals surface area contributed by atoms with Crippen molar-refractivity contribution < 1.29 is 14.6 Å². The number of esters is 1. The van der Waals surface area contributed by atoms with E-state index in [4.69, 9.17) is 4.74 Å². The van der Waals surface area contributed by atoms with Crippen molar-refractivity contribution in [3.63, 3.8) is 0 Å². The Bertz CT molecular complexity index is 567. The number of aliphatic hydroxyl groups excluding tert-OH is 1. The van der Waals surface area contributed by atoms with Gasteiger partial charge in [0, 0.05) is 0 Å². The van der Waals surface area contributed by atoms with Crippen molar-refractivity contribution >= 4 is 5.97 Å². The lowest BCUT2D eigenvalue weighted by molar-refractivity contribution is -0.152. The molecule has 4 aliphatic rings. The van der Waals surface area contributed by atoms with Crippen LogP contribution in [0.2, 0.25) is 0 Å². The first-order valence-electron chi connectivity index (χ1n) is 9.85. The first-order valence-corrected chi connectivity index (χ1v) is 9.85. The van der Waals surface area contributed by atoms with E-state index >= 15 is 0 Å². The second-order valence-corrected chi connectivity index (χ2v) is 9.35. The summed E-state index contributed by atoms with van der Waals surface area (Å²) in [6.07, 6.45) is 11.0. The van der Waals surface area contributed by atoms with Gasteiger partial charge in [-0.05, 0) is 80.0 Å². The van der Waals surface area contributed by atoms with Crippen molar-refractivity contribution in [1.29, 1.82) is 0 Å². The lowest BCUT2D eigenvalue weighted by Gasteiger charge is -2.57. The van der Waals surface area contributed by atoms with Gasteiger partial charge in [-0.15, -0.1) is 0 Å². The van der Waals surface area contributed by atoms with E-state index in [1.807, 2.05) is 0 Å². The first-order chi connectivity index (χ1) is 11.4. The second-order valence-electron chi connectivity index (χ2n) is 9.35. The summed E-state index contributed by atoms with van der Waals surface area (Å²) in [4.78, 5) is 12.3. The smallest absolute Gasteiger partial charge is 0.309 e. The minimum absolute atomic E-state index is 0.0116. The molecule has 0 spiro atoms. The monoisotopic (exact) mass is 332 g/mol. The number of hydrogen-bond donors (Lipinski definition) is 1. The molecule has 0 aromatic heterocycles. The summed E-state index contributed by atoms with van der Waals surface area (Å²) in [5.41, 5.74) is 1.94. The van der Waals surface area contributed by atoms with Crippen LogP contribution in [0.3, 0.4) is 0 Å². The van der Waals surface area contributed by atoms with Crippen LogP contribution in [0.15, 0.2) is 11.6 Å². The highest BCUT2D eigenvalue weighted by molar-refractivity contribution is 5.73. The van der Waals surface area contributed by atoms with Crippen molar-refractivity contribution in [1.82, 2.24) is 0 Å². The summed E-state index contributed by atoms with van der Waals surface area (Å²) in [5.74, 6) is 2.21. The van der Waals surface area contributed by atoms with Gasteiger partial charge in [-0.25, -0.2) is 0 Å². The molecule has 0 heterocycles. The van der Waals surface area contributed by atoms with E-state index in [1.54, 1.807) is 0 Å². The Labute approximate surface area is 145 Å². The van der Waals surface area contributed by atoms with E-state index in [-0.39, 0.29) is 28.8 Å². The van der Waals surface area contributed by atoms with Crippen molar-refractivity contribution in [2.24, 2.45) is 34.5 Å². The van der Waals surface area contributed by atoms with Gasteiger partial charge in [0.1, 0.15) is 0 Å². The van der Waals surface area contributed by atoms with E-state index in [1.165, 1.54) is 25.5 Å². The van der Waals surface area contributed by atoms with E-state index in [0.29, 0.717) is 11.8 Å². The quantitative estimate of drug-likeness (QED) is 0.581. The molecule has 0 bridgehead atoms. The van der Waals surface area contributed by atoms with Crippen LogP contribution in [0.1, 0.15) is 65.2 Å². The van der Waals surface area contributed by atoms with E-state index in [9.17, 15) is 9.90 Å². The predicted molar refractivity (Wildman–Crippen MR) is 93.2 cm³/mol. The summed E-state index contributed by atoms with van der Waals surface area (Å²) in [6, 6.07) is 0. The maximum atomic E-state index is 12.3.